The van der Waals surface area contributed by atoms with Gasteiger partial charge < -0.3 is 10.4 Å². The Kier molecular flexibility index (Phi) is 3.06. The van der Waals surface area contributed by atoms with E-state index < -0.39 is 23.9 Å². The van der Waals surface area contributed by atoms with E-state index in [4.69, 9.17) is 5.11 Å². The van der Waals surface area contributed by atoms with Gasteiger partial charge in [0.1, 0.15) is 0 Å². The van der Waals surface area contributed by atoms with Crippen LogP contribution in [0.5, 0.6) is 0 Å². The predicted molar refractivity (Wildman–Crippen MR) is 43.7 cm³/mol. The van der Waals surface area contributed by atoms with Gasteiger partial charge in [0.2, 0.25) is 5.82 Å². The second-order valence-electron chi connectivity index (χ2n) is 2.55. The van der Waals surface area contributed by atoms with Crippen molar-refractivity contribution < 1.29 is 27.9 Å². The average molecular weight is 235 g/mol. The first-order valence-corrected chi connectivity index (χ1v) is 3.74. The number of rotatable bonds is 2. The zero-order valence-corrected chi connectivity index (χ0v) is 7.45. The maximum Gasteiger partial charge on any atom is 0.471 e. The largest absolute Gasteiger partial charge is 0.475 e. The van der Waals surface area contributed by atoms with E-state index in [1.807, 2.05) is 0 Å². The van der Waals surface area contributed by atoms with Crippen LogP contribution in [-0.4, -0.2) is 33.1 Å². The van der Waals surface area contributed by atoms with Crippen molar-refractivity contribution >= 4 is 17.6 Å². The summed E-state index contributed by atoms with van der Waals surface area (Å²) in [5, 5.41) is 9.86. The van der Waals surface area contributed by atoms with Gasteiger partial charge in [-0.1, -0.05) is 0 Å². The molecule has 6 nitrogen and oxygen atoms in total. The number of halogens is 3. The Hall–Kier alpha value is -2.19. The molecule has 0 aliphatic heterocycles. The molecule has 0 atom stereocenters. The van der Waals surface area contributed by atoms with Crippen molar-refractivity contribution in [1.29, 1.82) is 0 Å². The van der Waals surface area contributed by atoms with Crippen molar-refractivity contribution in [2.45, 2.75) is 6.18 Å². The van der Waals surface area contributed by atoms with Crippen LogP contribution in [0.2, 0.25) is 0 Å². The fourth-order valence-electron chi connectivity index (χ4n) is 0.705. The second kappa shape index (κ2) is 4.13. The fourth-order valence-corrected chi connectivity index (χ4v) is 0.705. The van der Waals surface area contributed by atoms with Gasteiger partial charge >= 0.3 is 18.1 Å². The van der Waals surface area contributed by atoms with Gasteiger partial charge in [-0.2, -0.15) is 13.2 Å². The van der Waals surface area contributed by atoms with Crippen molar-refractivity contribution in [1.82, 2.24) is 9.97 Å². The van der Waals surface area contributed by atoms with Crippen molar-refractivity contribution in [2.24, 2.45) is 0 Å². The molecule has 0 aliphatic carbocycles. The van der Waals surface area contributed by atoms with E-state index in [1.165, 1.54) is 5.32 Å². The molecule has 9 heteroatoms. The summed E-state index contributed by atoms with van der Waals surface area (Å²) in [7, 11) is 0. The van der Waals surface area contributed by atoms with Crippen LogP contribution < -0.4 is 5.32 Å². The Balaban J connectivity index is 2.77. The average Bonchev–Trinajstić information content (AvgIpc) is 2.17. The number of anilines is 1. The third-order valence-corrected chi connectivity index (χ3v) is 1.36. The molecule has 0 radical (unpaired) electrons. The van der Waals surface area contributed by atoms with E-state index in [-0.39, 0.29) is 5.69 Å². The first-order chi connectivity index (χ1) is 7.30. The van der Waals surface area contributed by atoms with Crippen LogP contribution in [-0.2, 0) is 4.79 Å². The second-order valence-corrected chi connectivity index (χ2v) is 2.55. The molecule has 1 aromatic heterocycles. The normalized spacial score (nSPS) is 10.9. The summed E-state index contributed by atoms with van der Waals surface area (Å²) in [6, 6.07) is 0. The van der Waals surface area contributed by atoms with E-state index in [9.17, 15) is 22.8 Å². The summed E-state index contributed by atoms with van der Waals surface area (Å²) in [4.78, 5) is 27.2. The van der Waals surface area contributed by atoms with Crippen LogP contribution in [0, 0.1) is 0 Å². The van der Waals surface area contributed by atoms with Crippen LogP contribution in [0.3, 0.4) is 0 Å². The minimum atomic E-state index is -5.02. The molecule has 1 rings (SSSR count). The number of carbonyl (C=O) groups excluding carboxylic acids is 1. The van der Waals surface area contributed by atoms with E-state index in [1.54, 1.807) is 0 Å². The SMILES string of the molecule is O=C(O)c1ncc(NC(=O)C(F)(F)F)cn1. The lowest BCUT2D eigenvalue weighted by Gasteiger charge is -2.06. The van der Waals surface area contributed by atoms with Crippen molar-refractivity contribution in [2.75, 3.05) is 5.32 Å². The fraction of sp³-hybridized carbons (Fsp3) is 0.143. The van der Waals surface area contributed by atoms with Gasteiger partial charge in [0.15, 0.2) is 0 Å². The number of nitrogens with one attached hydrogen (secondary N) is 1. The van der Waals surface area contributed by atoms with Gasteiger partial charge in [-0.05, 0) is 0 Å². The molecule has 0 spiro atoms. The minimum Gasteiger partial charge on any atom is -0.475 e. The number of carboxylic acid groups (broad SMARTS) is 1. The molecule has 0 saturated heterocycles. The van der Waals surface area contributed by atoms with Gasteiger partial charge in [0, 0.05) is 0 Å². The first-order valence-electron chi connectivity index (χ1n) is 3.74. The molecule has 0 fully saturated rings. The lowest BCUT2D eigenvalue weighted by Crippen LogP contribution is -2.30. The van der Waals surface area contributed by atoms with Gasteiger partial charge in [-0.3, -0.25) is 4.79 Å². The molecule has 2 N–H and O–H groups in total. The molecule has 0 saturated carbocycles. The number of carbonyl (C=O) groups is 2. The molecule has 1 heterocycles. The van der Waals surface area contributed by atoms with E-state index in [2.05, 4.69) is 9.97 Å². The maximum absolute atomic E-state index is 11.8. The summed E-state index contributed by atoms with van der Waals surface area (Å²) >= 11 is 0. The molecule has 16 heavy (non-hydrogen) atoms. The van der Waals surface area contributed by atoms with E-state index >= 15 is 0 Å². The Morgan fingerprint density at radius 3 is 2.12 bits per heavy atom. The van der Waals surface area contributed by atoms with E-state index in [0.717, 1.165) is 12.4 Å². The molecular weight excluding hydrogens is 231 g/mol. The molecule has 1 aromatic rings. The molecule has 0 unspecified atom stereocenters. The molecule has 86 valence electrons. The first kappa shape index (κ1) is 11.9. The number of aromatic carboxylic acids is 1. The monoisotopic (exact) mass is 235 g/mol. The van der Waals surface area contributed by atoms with Crippen LogP contribution >= 0.6 is 0 Å². The number of alkyl halides is 3. The predicted octanol–water partition coefficient (Wildman–Crippen LogP) is 0.676. The highest BCUT2D eigenvalue weighted by atomic mass is 19.4. The smallest absolute Gasteiger partial charge is 0.471 e. The maximum atomic E-state index is 11.8. The Bertz CT molecular complexity index is 415. The van der Waals surface area contributed by atoms with Crippen molar-refractivity contribution in [3.05, 3.63) is 18.2 Å². The minimum absolute atomic E-state index is 0.340. The van der Waals surface area contributed by atoms with Gasteiger partial charge in [-0.25, -0.2) is 14.8 Å². The molecule has 0 aromatic carbocycles. The zero-order valence-electron chi connectivity index (χ0n) is 7.45. The van der Waals surface area contributed by atoms with Gasteiger partial charge in [0.25, 0.3) is 0 Å². The number of hydrogen-bond acceptors (Lipinski definition) is 4. The zero-order chi connectivity index (χ0) is 12.3. The molecule has 0 bridgehead atoms. The van der Waals surface area contributed by atoms with Crippen LogP contribution in [0.4, 0.5) is 18.9 Å². The van der Waals surface area contributed by atoms with Crippen LogP contribution in [0.15, 0.2) is 12.4 Å². The third kappa shape index (κ3) is 2.90. The molecular formula is C7H4F3N3O3. The van der Waals surface area contributed by atoms with Gasteiger partial charge in [0.05, 0.1) is 18.1 Å². The highest BCUT2D eigenvalue weighted by Crippen LogP contribution is 2.17. The quantitative estimate of drug-likeness (QED) is 0.786. The van der Waals surface area contributed by atoms with Crippen molar-refractivity contribution in [3.63, 3.8) is 0 Å². The summed E-state index contributed by atoms with van der Waals surface area (Å²) in [6.45, 7) is 0. The highest BCUT2D eigenvalue weighted by Gasteiger charge is 2.38. The summed E-state index contributed by atoms with van der Waals surface area (Å²) < 4.78 is 35.4. The summed E-state index contributed by atoms with van der Waals surface area (Å²) in [6.07, 6.45) is -3.49. The summed E-state index contributed by atoms with van der Waals surface area (Å²) in [5.41, 5.74) is -0.340. The summed E-state index contributed by atoms with van der Waals surface area (Å²) in [5.74, 6) is -4.18. The number of carboxylic acids is 1. The van der Waals surface area contributed by atoms with Crippen LogP contribution in [0.1, 0.15) is 10.6 Å². The standard InChI is InChI=1S/C7H4F3N3O3/c8-7(9,10)6(16)13-3-1-11-4(5(14)15)12-2-3/h1-2H,(H,13,16)(H,14,15). The third-order valence-electron chi connectivity index (χ3n) is 1.36. The lowest BCUT2D eigenvalue weighted by molar-refractivity contribution is -0.167. The van der Waals surface area contributed by atoms with Crippen molar-refractivity contribution in [3.8, 4) is 0 Å². The number of hydrogen-bond donors (Lipinski definition) is 2. The number of nitrogens with zero attached hydrogens (tertiary/aromatic N) is 2. The number of amides is 1. The molecule has 0 aliphatic rings. The Labute approximate surface area is 86.1 Å². The number of aromatic nitrogens is 2. The van der Waals surface area contributed by atoms with Gasteiger partial charge in [-0.15, -0.1) is 0 Å². The van der Waals surface area contributed by atoms with Crippen LogP contribution in [0.25, 0.3) is 0 Å². The highest BCUT2D eigenvalue weighted by molar-refractivity contribution is 5.94. The van der Waals surface area contributed by atoms with E-state index in [0.29, 0.717) is 0 Å². The molecule has 1 amide bonds. The topological polar surface area (TPSA) is 92.2 Å². The lowest BCUT2D eigenvalue weighted by atomic mass is 10.4. The Morgan fingerprint density at radius 2 is 1.75 bits per heavy atom. The Morgan fingerprint density at radius 1 is 1.25 bits per heavy atom.